The van der Waals surface area contributed by atoms with E-state index in [0.29, 0.717) is 47.9 Å². The number of fused-ring (bicyclic) bond motifs is 1. The van der Waals surface area contributed by atoms with E-state index in [9.17, 15) is 4.79 Å². The normalized spacial score (nSPS) is 10.9. The Morgan fingerprint density at radius 1 is 1.22 bits per heavy atom. The van der Waals surface area contributed by atoms with Crippen LogP contribution in [0, 0.1) is 0 Å². The number of halogens is 1. The van der Waals surface area contributed by atoms with Gasteiger partial charge in [0.15, 0.2) is 4.67 Å². The van der Waals surface area contributed by atoms with Crippen LogP contribution in [0.4, 0.5) is 0 Å². The molecule has 0 bridgehead atoms. The number of hydrogen-bond acceptors (Lipinski definition) is 5. The van der Waals surface area contributed by atoms with Crippen molar-refractivity contribution in [1.82, 2.24) is 9.88 Å². The molecule has 0 aliphatic carbocycles. The summed E-state index contributed by atoms with van der Waals surface area (Å²) in [6, 6.07) is 9.16. The minimum atomic E-state index is -0.0830. The Bertz CT molecular complexity index is 911. The summed E-state index contributed by atoms with van der Waals surface area (Å²) < 4.78 is 17.1. The molecule has 0 radical (unpaired) electrons. The molecule has 3 aromatic rings. The Balaban J connectivity index is 1.90. The van der Waals surface area contributed by atoms with Gasteiger partial charge in [0.2, 0.25) is 0 Å². The van der Waals surface area contributed by atoms with Crippen LogP contribution in [0.3, 0.4) is 0 Å². The van der Waals surface area contributed by atoms with Crippen molar-refractivity contribution in [2.24, 2.45) is 0 Å². The largest absolute Gasteiger partial charge is 0.490 e. The summed E-state index contributed by atoms with van der Waals surface area (Å²) in [7, 11) is 1.62. The molecule has 6 nitrogen and oxygen atoms in total. The molecule has 3 rings (SSSR count). The number of ether oxygens (including phenoxy) is 2. The van der Waals surface area contributed by atoms with Crippen molar-refractivity contribution >= 4 is 32.8 Å². The molecule has 0 spiro atoms. The number of rotatable bonds is 8. The summed E-state index contributed by atoms with van der Waals surface area (Å²) in [4.78, 5) is 18.9. The number of methoxy groups -OCH3 is 1. The van der Waals surface area contributed by atoms with E-state index in [-0.39, 0.29) is 5.91 Å². The second-order valence-corrected chi connectivity index (χ2v) is 6.73. The van der Waals surface area contributed by atoms with Gasteiger partial charge in [-0.2, -0.15) is 0 Å². The van der Waals surface area contributed by atoms with Crippen LogP contribution >= 0.6 is 15.9 Å². The molecule has 1 amide bonds. The van der Waals surface area contributed by atoms with E-state index < -0.39 is 0 Å². The minimum Gasteiger partial charge on any atom is -0.490 e. The van der Waals surface area contributed by atoms with Crippen LogP contribution in [0.2, 0.25) is 0 Å². The maximum atomic E-state index is 13.1. The number of furan rings is 1. The number of aromatic nitrogens is 1. The number of pyridine rings is 1. The zero-order chi connectivity index (χ0) is 19.2. The summed E-state index contributed by atoms with van der Waals surface area (Å²) in [5, 5.41) is 0.812. The molecule has 2 heterocycles. The minimum absolute atomic E-state index is 0.0830. The molecular formula is C20H21BrN2O4. The Kier molecular flexibility index (Phi) is 6.47. The average Bonchev–Trinajstić information content (AvgIpc) is 3.07. The summed E-state index contributed by atoms with van der Waals surface area (Å²) in [6.45, 7) is 3.90. The molecular weight excluding hydrogens is 412 g/mol. The Labute approximate surface area is 166 Å². The van der Waals surface area contributed by atoms with E-state index in [1.807, 2.05) is 25.1 Å². The SMILES string of the molecule is CCN(Cc1ccncc1)C(=O)c1cc(OCCOC)c2cc(Br)oc2c1. The monoisotopic (exact) mass is 432 g/mol. The lowest BCUT2D eigenvalue weighted by Gasteiger charge is -2.21. The van der Waals surface area contributed by atoms with Crippen LogP contribution in [-0.4, -0.2) is 42.7 Å². The molecule has 0 aliphatic heterocycles. The van der Waals surface area contributed by atoms with Crippen LogP contribution in [0.15, 0.2) is 51.8 Å². The number of nitrogens with zero attached hydrogens (tertiary/aromatic N) is 2. The first kappa shape index (κ1) is 19.4. The second kappa shape index (κ2) is 9.01. The molecule has 0 fully saturated rings. The maximum absolute atomic E-state index is 13.1. The first-order valence-electron chi connectivity index (χ1n) is 8.65. The third-order valence-corrected chi connectivity index (χ3v) is 4.54. The number of amides is 1. The van der Waals surface area contributed by atoms with Gasteiger partial charge in [0, 0.05) is 44.2 Å². The lowest BCUT2D eigenvalue weighted by Crippen LogP contribution is -2.30. The molecule has 0 saturated heterocycles. The molecule has 0 atom stereocenters. The van der Waals surface area contributed by atoms with Crippen molar-refractivity contribution in [3.05, 3.63) is 58.5 Å². The number of hydrogen-bond donors (Lipinski definition) is 0. The molecule has 142 valence electrons. The molecule has 2 aromatic heterocycles. The number of benzene rings is 1. The van der Waals surface area contributed by atoms with Crippen LogP contribution in [-0.2, 0) is 11.3 Å². The van der Waals surface area contributed by atoms with Crippen molar-refractivity contribution in [1.29, 1.82) is 0 Å². The van der Waals surface area contributed by atoms with Crippen molar-refractivity contribution in [3.8, 4) is 5.75 Å². The van der Waals surface area contributed by atoms with Crippen molar-refractivity contribution in [3.63, 3.8) is 0 Å². The van der Waals surface area contributed by atoms with Crippen molar-refractivity contribution in [2.45, 2.75) is 13.5 Å². The standard InChI is InChI=1S/C20H21BrN2O4/c1-3-23(13-14-4-6-22-7-5-14)20(24)15-10-17(26-9-8-25-2)16-12-19(21)27-18(16)11-15/h4-7,10-12H,3,8-9,13H2,1-2H3. The van der Waals surface area contributed by atoms with E-state index >= 15 is 0 Å². The quantitative estimate of drug-likeness (QED) is 0.497. The van der Waals surface area contributed by atoms with Gasteiger partial charge in [-0.25, -0.2) is 0 Å². The summed E-state index contributed by atoms with van der Waals surface area (Å²) >= 11 is 3.34. The van der Waals surface area contributed by atoms with Crippen molar-refractivity contribution in [2.75, 3.05) is 26.9 Å². The number of carbonyl (C=O) groups is 1. The molecule has 7 heteroatoms. The molecule has 0 saturated carbocycles. The van der Waals surface area contributed by atoms with E-state index in [0.717, 1.165) is 10.9 Å². The lowest BCUT2D eigenvalue weighted by molar-refractivity contribution is 0.0752. The van der Waals surface area contributed by atoms with Gasteiger partial charge < -0.3 is 18.8 Å². The predicted molar refractivity (Wildman–Crippen MR) is 106 cm³/mol. The highest BCUT2D eigenvalue weighted by atomic mass is 79.9. The van der Waals surface area contributed by atoms with E-state index in [1.54, 1.807) is 36.5 Å². The molecule has 0 aliphatic rings. The van der Waals surface area contributed by atoms with Crippen LogP contribution in [0.5, 0.6) is 5.75 Å². The highest BCUT2D eigenvalue weighted by Gasteiger charge is 2.19. The van der Waals surface area contributed by atoms with Gasteiger partial charge in [0.05, 0.1) is 12.0 Å². The first-order valence-corrected chi connectivity index (χ1v) is 9.44. The predicted octanol–water partition coefficient (Wildman–Crippen LogP) is 4.28. The fourth-order valence-electron chi connectivity index (χ4n) is 2.77. The Hall–Kier alpha value is -2.38. The summed E-state index contributed by atoms with van der Waals surface area (Å²) in [6.07, 6.45) is 3.45. The summed E-state index contributed by atoms with van der Waals surface area (Å²) in [5.41, 5.74) is 2.14. The first-order chi connectivity index (χ1) is 13.1. The van der Waals surface area contributed by atoms with Crippen LogP contribution in [0.1, 0.15) is 22.8 Å². The fraction of sp³-hybridized carbons (Fsp3) is 0.300. The van der Waals surface area contributed by atoms with E-state index in [1.165, 1.54) is 0 Å². The third-order valence-electron chi connectivity index (χ3n) is 4.15. The molecule has 0 N–H and O–H groups in total. The number of carbonyl (C=O) groups excluding carboxylic acids is 1. The van der Waals surface area contributed by atoms with E-state index in [2.05, 4.69) is 20.9 Å². The van der Waals surface area contributed by atoms with Crippen molar-refractivity contribution < 1.29 is 18.7 Å². The van der Waals surface area contributed by atoms with Crippen LogP contribution in [0.25, 0.3) is 11.0 Å². The zero-order valence-electron chi connectivity index (χ0n) is 15.3. The lowest BCUT2D eigenvalue weighted by atomic mass is 10.1. The van der Waals surface area contributed by atoms with E-state index in [4.69, 9.17) is 13.9 Å². The van der Waals surface area contributed by atoms with Gasteiger partial charge in [-0.1, -0.05) is 0 Å². The van der Waals surface area contributed by atoms with Gasteiger partial charge in [0.25, 0.3) is 5.91 Å². The Morgan fingerprint density at radius 3 is 2.70 bits per heavy atom. The van der Waals surface area contributed by atoms with Gasteiger partial charge in [-0.3, -0.25) is 9.78 Å². The molecule has 1 aromatic carbocycles. The Morgan fingerprint density at radius 2 is 2.00 bits per heavy atom. The van der Waals surface area contributed by atoms with Crippen LogP contribution < -0.4 is 4.74 Å². The van der Waals surface area contributed by atoms with Gasteiger partial charge in [0.1, 0.15) is 17.9 Å². The zero-order valence-corrected chi connectivity index (χ0v) is 16.9. The molecule has 27 heavy (non-hydrogen) atoms. The van der Waals surface area contributed by atoms with Gasteiger partial charge in [-0.15, -0.1) is 0 Å². The fourth-order valence-corrected chi connectivity index (χ4v) is 3.18. The van der Waals surface area contributed by atoms with Gasteiger partial charge in [-0.05, 0) is 52.7 Å². The average molecular weight is 433 g/mol. The highest BCUT2D eigenvalue weighted by molar-refractivity contribution is 9.10. The molecule has 0 unspecified atom stereocenters. The topological polar surface area (TPSA) is 64.8 Å². The maximum Gasteiger partial charge on any atom is 0.254 e. The summed E-state index contributed by atoms with van der Waals surface area (Å²) in [5.74, 6) is 0.516. The second-order valence-electron chi connectivity index (χ2n) is 5.95. The third kappa shape index (κ3) is 4.67. The van der Waals surface area contributed by atoms with Gasteiger partial charge >= 0.3 is 0 Å². The highest BCUT2D eigenvalue weighted by Crippen LogP contribution is 2.33. The smallest absolute Gasteiger partial charge is 0.254 e.